The average Bonchev–Trinajstić information content (AvgIpc) is 2.77. The normalized spacial score (nSPS) is 21.4. The van der Waals surface area contributed by atoms with Gasteiger partial charge in [0.2, 0.25) is 0 Å². The topological polar surface area (TPSA) is 56.3 Å². The Bertz CT molecular complexity index is 418. The number of nitrogens with two attached hydrogens (primary N) is 1. The SMILES string of the molecule is CC(C)N1CCOC(Cn2ccnc2C(N)=S)C1. The van der Waals surface area contributed by atoms with Crippen molar-refractivity contribution < 1.29 is 4.74 Å². The quantitative estimate of drug-likeness (QED) is 0.812. The monoisotopic (exact) mass is 268 g/mol. The second kappa shape index (κ2) is 5.77. The van der Waals surface area contributed by atoms with Gasteiger partial charge in [0.05, 0.1) is 19.3 Å². The van der Waals surface area contributed by atoms with Crippen molar-refractivity contribution >= 4 is 17.2 Å². The van der Waals surface area contributed by atoms with Crippen LogP contribution in [0.4, 0.5) is 0 Å². The van der Waals surface area contributed by atoms with E-state index in [4.69, 9.17) is 22.7 Å². The number of morpholine rings is 1. The predicted octanol–water partition coefficient (Wildman–Crippen LogP) is 0.627. The lowest BCUT2D eigenvalue weighted by atomic mass is 10.2. The van der Waals surface area contributed by atoms with E-state index in [0.717, 1.165) is 26.2 Å². The molecular formula is C12H20N4OS. The molecule has 1 aromatic heterocycles. The maximum atomic E-state index is 5.79. The molecule has 18 heavy (non-hydrogen) atoms. The molecule has 0 aromatic carbocycles. The van der Waals surface area contributed by atoms with E-state index in [1.807, 2.05) is 10.8 Å². The summed E-state index contributed by atoms with van der Waals surface area (Å²) < 4.78 is 7.76. The molecule has 1 aliphatic heterocycles. The molecule has 0 radical (unpaired) electrons. The van der Waals surface area contributed by atoms with Gasteiger partial charge in [-0.1, -0.05) is 12.2 Å². The lowest BCUT2D eigenvalue weighted by Crippen LogP contribution is -2.47. The Morgan fingerprint density at radius 2 is 2.44 bits per heavy atom. The van der Waals surface area contributed by atoms with Gasteiger partial charge in [0.1, 0.15) is 4.99 Å². The Labute approximate surface area is 113 Å². The predicted molar refractivity (Wildman–Crippen MR) is 74.6 cm³/mol. The Kier molecular flexibility index (Phi) is 4.31. The Morgan fingerprint density at radius 3 is 3.11 bits per heavy atom. The summed E-state index contributed by atoms with van der Waals surface area (Å²) in [6.45, 7) is 7.88. The number of imidazole rings is 1. The van der Waals surface area contributed by atoms with Gasteiger partial charge in [-0.25, -0.2) is 4.98 Å². The fraction of sp³-hybridized carbons (Fsp3) is 0.667. The molecule has 1 unspecified atom stereocenters. The van der Waals surface area contributed by atoms with Gasteiger partial charge < -0.3 is 15.0 Å². The molecule has 1 aromatic rings. The molecule has 0 spiro atoms. The molecule has 2 N–H and O–H groups in total. The number of aromatic nitrogens is 2. The zero-order chi connectivity index (χ0) is 13.1. The summed E-state index contributed by atoms with van der Waals surface area (Å²) in [5.41, 5.74) is 5.64. The second-order valence-corrected chi connectivity index (χ2v) is 5.29. The van der Waals surface area contributed by atoms with Crippen molar-refractivity contribution in [3.63, 3.8) is 0 Å². The minimum absolute atomic E-state index is 0.170. The first kappa shape index (κ1) is 13.5. The summed E-state index contributed by atoms with van der Waals surface area (Å²) in [6.07, 6.45) is 3.78. The fourth-order valence-electron chi connectivity index (χ4n) is 2.22. The van der Waals surface area contributed by atoms with Crippen LogP contribution >= 0.6 is 12.2 Å². The lowest BCUT2D eigenvalue weighted by Gasteiger charge is -2.35. The van der Waals surface area contributed by atoms with E-state index in [-0.39, 0.29) is 6.10 Å². The maximum Gasteiger partial charge on any atom is 0.167 e. The van der Waals surface area contributed by atoms with Gasteiger partial charge in [-0.15, -0.1) is 0 Å². The third-order valence-corrected chi connectivity index (χ3v) is 3.42. The molecule has 2 rings (SSSR count). The third kappa shape index (κ3) is 3.07. The summed E-state index contributed by atoms with van der Waals surface area (Å²) >= 11 is 4.98. The molecular weight excluding hydrogens is 248 g/mol. The van der Waals surface area contributed by atoms with Crippen LogP contribution in [0.1, 0.15) is 19.7 Å². The first-order valence-electron chi connectivity index (χ1n) is 6.24. The fourth-order valence-corrected chi connectivity index (χ4v) is 2.39. The molecule has 100 valence electrons. The molecule has 0 amide bonds. The molecule has 1 atom stereocenters. The standard InChI is InChI=1S/C12H20N4OS/c1-9(2)15-5-6-17-10(7-15)8-16-4-3-14-12(16)11(13)18/h3-4,9-10H,5-8H2,1-2H3,(H2,13,18). The first-order valence-corrected chi connectivity index (χ1v) is 6.65. The third-order valence-electron chi connectivity index (χ3n) is 3.24. The zero-order valence-electron chi connectivity index (χ0n) is 10.9. The van der Waals surface area contributed by atoms with Crippen LogP contribution in [0.3, 0.4) is 0 Å². The van der Waals surface area contributed by atoms with Crippen LogP contribution in [0.5, 0.6) is 0 Å². The summed E-state index contributed by atoms with van der Waals surface area (Å²) in [7, 11) is 0. The van der Waals surface area contributed by atoms with E-state index in [9.17, 15) is 0 Å². The van der Waals surface area contributed by atoms with E-state index in [1.54, 1.807) is 6.20 Å². The van der Waals surface area contributed by atoms with Crippen LogP contribution in [0.15, 0.2) is 12.4 Å². The summed E-state index contributed by atoms with van der Waals surface area (Å²) in [5.74, 6) is 0.662. The highest BCUT2D eigenvalue weighted by atomic mass is 32.1. The van der Waals surface area contributed by atoms with Crippen LogP contribution in [0.2, 0.25) is 0 Å². The summed E-state index contributed by atoms with van der Waals surface area (Å²) in [4.78, 5) is 6.92. The minimum Gasteiger partial charge on any atom is -0.387 e. The molecule has 0 aliphatic carbocycles. The number of nitrogens with zero attached hydrogens (tertiary/aromatic N) is 3. The van der Waals surface area contributed by atoms with Crippen molar-refractivity contribution in [2.24, 2.45) is 5.73 Å². The van der Waals surface area contributed by atoms with Crippen LogP contribution in [0.25, 0.3) is 0 Å². The van der Waals surface area contributed by atoms with Gasteiger partial charge in [-0.3, -0.25) is 4.90 Å². The zero-order valence-corrected chi connectivity index (χ0v) is 11.7. The van der Waals surface area contributed by atoms with Crippen LogP contribution in [0, 0.1) is 0 Å². The summed E-state index contributed by atoms with van der Waals surface area (Å²) in [6, 6.07) is 0.550. The Balaban J connectivity index is 2.00. The summed E-state index contributed by atoms with van der Waals surface area (Å²) in [5, 5.41) is 0. The maximum absolute atomic E-state index is 5.79. The van der Waals surface area contributed by atoms with Crippen molar-refractivity contribution in [1.29, 1.82) is 0 Å². The molecule has 1 fully saturated rings. The number of ether oxygens (including phenoxy) is 1. The van der Waals surface area contributed by atoms with Crippen molar-refractivity contribution in [2.75, 3.05) is 19.7 Å². The van der Waals surface area contributed by atoms with E-state index in [0.29, 0.717) is 16.9 Å². The molecule has 6 heteroatoms. The Hall–Kier alpha value is -0.980. The molecule has 1 aliphatic rings. The van der Waals surface area contributed by atoms with E-state index in [1.165, 1.54) is 0 Å². The number of thiocarbonyl (C=S) groups is 1. The second-order valence-electron chi connectivity index (χ2n) is 4.85. The number of hydrogen-bond acceptors (Lipinski definition) is 4. The number of hydrogen-bond donors (Lipinski definition) is 1. The smallest absolute Gasteiger partial charge is 0.167 e. The highest BCUT2D eigenvalue weighted by molar-refractivity contribution is 7.80. The van der Waals surface area contributed by atoms with E-state index < -0.39 is 0 Å². The molecule has 0 saturated carbocycles. The van der Waals surface area contributed by atoms with Crippen LogP contribution in [-0.4, -0.2) is 51.3 Å². The molecule has 0 bridgehead atoms. The first-order chi connectivity index (χ1) is 8.58. The lowest BCUT2D eigenvalue weighted by molar-refractivity contribution is -0.0456. The Morgan fingerprint density at radius 1 is 1.67 bits per heavy atom. The van der Waals surface area contributed by atoms with Crippen molar-refractivity contribution in [3.05, 3.63) is 18.2 Å². The minimum atomic E-state index is 0.170. The van der Waals surface area contributed by atoms with Gasteiger partial charge in [-0.2, -0.15) is 0 Å². The highest BCUT2D eigenvalue weighted by Crippen LogP contribution is 2.11. The van der Waals surface area contributed by atoms with Gasteiger partial charge in [0.25, 0.3) is 0 Å². The largest absolute Gasteiger partial charge is 0.387 e. The highest BCUT2D eigenvalue weighted by Gasteiger charge is 2.23. The molecule has 1 saturated heterocycles. The van der Waals surface area contributed by atoms with Gasteiger partial charge in [-0.05, 0) is 13.8 Å². The number of rotatable bonds is 4. The van der Waals surface area contributed by atoms with E-state index >= 15 is 0 Å². The van der Waals surface area contributed by atoms with Crippen molar-refractivity contribution in [3.8, 4) is 0 Å². The average molecular weight is 268 g/mol. The van der Waals surface area contributed by atoms with Gasteiger partial charge in [0.15, 0.2) is 5.82 Å². The van der Waals surface area contributed by atoms with Gasteiger partial charge in [0, 0.05) is 31.5 Å². The van der Waals surface area contributed by atoms with Crippen LogP contribution < -0.4 is 5.73 Å². The van der Waals surface area contributed by atoms with Crippen LogP contribution in [-0.2, 0) is 11.3 Å². The molecule has 5 nitrogen and oxygen atoms in total. The van der Waals surface area contributed by atoms with Gasteiger partial charge >= 0.3 is 0 Å². The van der Waals surface area contributed by atoms with Crippen molar-refractivity contribution in [2.45, 2.75) is 32.5 Å². The molecule has 2 heterocycles. The van der Waals surface area contributed by atoms with Crippen molar-refractivity contribution in [1.82, 2.24) is 14.5 Å². The van der Waals surface area contributed by atoms with E-state index in [2.05, 4.69) is 23.7 Å².